The van der Waals surface area contributed by atoms with Gasteiger partial charge in [0, 0.05) is 5.69 Å². The Morgan fingerprint density at radius 2 is 1.76 bits per heavy atom. The maximum Gasteiger partial charge on any atom is 0.416 e. The van der Waals surface area contributed by atoms with Gasteiger partial charge in [-0.2, -0.15) is 18.4 Å². The zero-order valence-corrected chi connectivity index (χ0v) is 15.6. The zero-order chi connectivity index (χ0) is 21.2. The van der Waals surface area contributed by atoms with Crippen molar-refractivity contribution in [1.29, 1.82) is 0 Å². The average molecular weight is 425 g/mol. The second-order valence-corrected chi connectivity index (χ2v) is 7.65. The molecule has 0 unspecified atom stereocenters. The van der Waals surface area contributed by atoms with Gasteiger partial charge >= 0.3 is 6.18 Å². The standard InChI is InChI=1S/C17H14F3N5O3S/c1-10-5-7-13(8-6-10)29(27,28)24-15-14(22-25-23-15)16(26)21-12-4-2-3-11(9-12)17(18,19)20/h2-9H,1H3,(H,21,26)(H2,22,23,24,25). The second kappa shape index (κ2) is 7.54. The third-order valence-electron chi connectivity index (χ3n) is 3.77. The van der Waals surface area contributed by atoms with E-state index in [9.17, 15) is 26.4 Å². The van der Waals surface area contributed by atoms with Crippen molar-refractivity contribution in [3.05, 3.63) is 65.4 Å². The summed E-state index contributed by atoms with van der Waals surface area (Å²) >= 11 is 0. The third kappa shape index (κ3) is 4.71. The van der Waals surface area contributed by atoms with Crippen LogP contribution in [0.3, 0.4) is 0 Å². The molecule has 12 heteroatoms. The van der Waals surface area contributed by atoms with Gasteiger partial charge in [0.1, 0.15) is 0 Å². The van der Waals surface area contributed by atoms with E-state index in [-0.39, 0.29) is 10.6 Å². The number of benzene rings is 2. The first-order valence-electron chi connectivity index (χ1n) is 8.05. The van der Waals surface area contributed by atoms with Gasteiger partial charge in [-0.05, 0) is 37.3 Å². The summed E-state index contributed by atoms with van der Waals surface area (Å²) in [6.07, 6.45) is -4.58. The predicted molar refractivity (Wildman–Crippen MR) is 97.8 cm³/mol. The van der Waals surface area contributed by atoms with Crippen molar-refractivity contribution in [3.8, 4) is 0 Å². The van der Waals surface area contributed by atoms with Gasteiger partial charge in [0.2, 0.25) is 0 Å². The molecule has 0 saturated carbocycles. The number of aromatic nitrogens is 3. The van der Waals surface area contributed by atoms with Gasteiger partial charge in [0.25, 0.3) is 15.9 Å². The number of rotatable bonds is 5. The molecule has 2 aromatic carbocycles. The number of carbonyl (C=O) groups is 1. The first kappa shape index (κ1) is 20.3. The van der Waals surface area contributed by atoms with Crippen LogP contribution in [0.2, 0.25) is 0 Å². The van der Waals surface area contributed by atoms with E-state index < -0.39 is 39.2 Å². The van der Waals surface area contributed by atoms with E-state index >= 15 is 0 Å². The zero-order valence-electron chi connectivity index (χ0n) is 14.8. The Balaban J connectivity index is 1.81. The Bertz CT molecular complexity index is 1140. The van der Waals surface area contributed by atoms with E-state index in [1.807, 2.05) is 0 Å². The lowest BCUT2D eigenvalue weighted by Gasteiger charge is -2.10. The van der Waals surface area contributed by atoms with Crippen LogP contribution < -0.4 is 10.0 Å². The molecule has 0 spiro atoms. The molecule has 1 aromatic heterocycles. The first-order valence-corrected chi connectivity index (χ1v) is 9.53. The van der Waals surface area contributed by atoms with Crippen LogP contribution in [-0.2, 0) is 16.2 Å². The number of aromatic amines is 1. The molecule has 3 aromatic rings. The van der Waals surface area contributed by atoms with Gasteiger partial charge < -0.3 is 5.32 Å². The summed E-state index contributed by atoms with van der Waals surface area (Å²) < 4.78 is 65.4. The van der Waals surface area contributed by atoms with Crippen LogP contribution in [0.1, 0.15) is 21.6 Å². The number of nitrogens with zero attached hydrogens (tertiary/aromatic N) is 2. The van der Waals surface area contributed by atoms with E-state index in [1.165, 1.54) is 18.2 Å². The Hall–Kier alpha value is -3.41. The molecular weight excluding hydrogens is 411 g/mol. The van der Waals surface area contributed by atoms with Crippen molar-refractivity contribution in [1.82, 2.24) is 15.4 Å². The fourth-order valence-corrected chi connectivity index (χ4v) is 3.34. The summed E-state index contributed by atoms with van der Waals surface area (Å²) in [5.74, 6) is -1.34. The van der Waals surface area contributed by atoms with Crippen molar-refractivity contribution in [2.24, 2.45) is 0 Å². The van der Waals surface area contributed by atoms with Crippen molar-refractivity contribution in [3.63, 3.8) is 0 Å². The van der Waals surface area contributed by atoms with Crippen LogP contribution in [0, 0.1) is 6.92 Å². The summed E-state index contributed by atoms with van der Waals surface area (Å²) in [5.41, 5.74) is -0.666. The monoisotopic (exact) mass is 425 g/mol. The molecule has 0 atom stereocenters. The van der Waals surface area contributed by atoms with Gasteiger partial charge in [-0.1, -0.05) is 23.8 Å². The van der Waals surface area contributed by atoms with Gasteiger partial charge in [-0.25, -0.2) is 8.42 Å². The van der Waals surface area contributed by atoms with Gasteiger partial charge in [-0.15, -0.1) is 10.2 Å². The van der Waals surface area contributed by atoms with E-state index in [1.54, 1.807) is 19.1 Å². The number of sulfonamides is 1. The number of halogens is 3. The maximum absolute atomic E-state index is 12.8. The Kier molecular flexibility index (Phi) is 5.29. The van der Waals surface area contributed by atoms with Crippen molar-refractivity contribution in [2.75, 3.05) is 10.0 Å². The largest absolute Gasteiger partial charge is 0.416 e. The highest BCUT2D eigenvalue weighted by molar-refractivity contribution is 7.92. The Morgan fingerprint density at radius 3 is 2.41 bits per heavy atom. The topological polar surface area (TPSA) is 117 Å². The van der Waals surface area contributed by atoms with Crippen molar-refractivity contribution < 1.29 is 26.4 Å². The van der Waals surface area contributed by atoms with Gasteiger partial charge in [0.15, 0.2) is 11.5 Å². The number of nitrogens with one attached hydrogen (secondary N) is 3. The van der Waals surface area contributed by atoms with Crippen LogP contribution in [0.5, 0.6) is 0 Å². The van der Waals surface area contributed by atoms with Crippen molar-refractivity contribution >= 4 is 27.4 Å². The second-order valence-electron chi connectivity index (χ2n) is 5.97. The molecule has 0 bridgehead atoms. The molecular formula is C17H14F3N5O3S. The lowest BCUT2D eigenvalue weighted by atomic mass is 10.2. The van der Waals surface area contributed by atoms with Crippen molar-refractivity contribution in [2.45, 2.75) is 18.0 Å². The third-order valence-corrected chi connectivity index (χ3v) is 5.13. The maximum atomic E-state index is 12.8. The molecule has 0 aliphatic carbocycles. The van der Waals surface area contributed by atoms with E-state index in [2.05, 4.69) is 25.4 Å². The molecule has 1 heterocycles. The van der Waals surface area contributed by atoms with Crippen LogP contribution in [0.25, 0.3) is 0 Å². The minimum Gasteiger partial charge on any atom is -0.320 e. The van der Waals surface area contributed by atoms with Crippen LogP contribution >= 0.6 is 0 Å². The number of hydrogen-bond acceptors (Lipinski definition) is 5. The first-order chi connectivity index (χ1) is 13.6. The quantitative estimate of drug-likeness (QED) is 0.581. The molecule has 0 aliphatic rings. The molecule has 8 nitrogen and oxygen atoms in total. The van der Waals surface area contributed by atoms with E-state index in [0.29, 0.717) is 0 Å². The molecule has 29 heavy (non-hydrogen) atoms. The molecule has 0 aliphatic heterocycles. The highest BCUT2D eigenvalue weighted by Crippen LogP contribution is 2.30. The van der Waals surface area contributed by atoms with Crippen LogP contribution in [0.4, 0.5) is 24.7 Å². The SMILES string of the molecule is Cc1ccc(S(=O)(=O)Nc2n[nH]nc2C(=O)Nc2cccc(C(F)(F)F)c2)cc1. The molecule has 152 valence electrons. The molecule has 0 fully saturated rings. The molecule has 0 radical (unpaired) electrons. The predicted octanol–water partition coefficient (Wildman–Crippen LogP) is 3.19. The van der Waals surface area contributed by atoms with E-state index in [4.69, 9.17) is 0 Å². The number of alkyl halides is 3. The number of hydrogen-bond donors (Lipinski definition) is 3. The highest BCUT2D eigenvalue weighted by atomic mass is 32.2. The lowest BCUT2D eigenvalue weighted by Crippen LogP contribution is -2.19. The highest BCUT2D eigenvalue weighted by Gasteiger charge is 2.30. The molecule has 3 rings (SSSR count). The minimum absolute atomic E-state index is 0.0599. The summed E-state index contributed by atoms with van der Waals surface area (Å²) in [6.45, 7) is 1.79. The number of carbonyl (C=O) groups excluding carboxylic acids is 1. The smallest absolute Gasteiger partial charge is 0.320 e. The molecule has 1 amide bonds. The Labute approximate surface area is 163 Å². The Morgan fingerprint density at radius 1 is 1.07 bits per heavy atom. The van der Waals surface area contributed by atoms with Crippen LogP contribution in [0.15, 0.2) is 53.4 Å². The number of H-pyrrole nitrogens is 1. The normalized spacial score (nSPS) is 11.9. The molecule has 3 N–H and O–H groups in total. The number of aryl methyl sites for hydroxylation is 1. The summed E-state index contributed by atoms with van der Waals surface area (Å²) in [5, 5.41) is 11.5. The fourth-order valence-electron chi connectivity index (χ4n) is 2.33. The van der Waals surface area contributed by atoms with E-state index in [0.717, 1.165) is 23.8 Å². The number of amides is 1. The fraction of sp³-hybridized carbons (Fsp3) is 0.118. The lowest BCUT2D eigenvalue weighted by molar-refractivity contribution is -0.137. The molecule has 0 saturated heterocycles. The minimum atomic E-state index is -4.58. The summed E-state index contributed by atoms with van der Waals surface area (Å²) in [7, 11) is -4.06. The van der Waals surface area contributed by atoms with Gasteiger partial charge in [0.05, 0.1) is 10.5 Å². The average Bonchev–Trinajstić information content (AvgIpc) is 3.09. The summed E-state index contributed by atoms with van der Waals surface area (Å²) in [6, 6.07) is 9.92. The van der Waals surface area contributed by atoms with Gasteiger partial charge in [-0.3, -0.25) is 9.52 Å². The summed E-state index contributed by atoms with van der Waals surface area (Å²) in [4.78, 5) is 12.3. The number of anilines is 2. The van der Waals surface area contributed by atoms with Crippen LogP contribution in [-0.4, -0.2) is 29.7 Å².